The second kappa shape index (κ2) is 7.53. The Kier molecular flexibility index (Phi) is 6.04. The number of primary sulfonamides is 1. The smallest absolute Gasteiger partial charge is 0.294 e. The minimum absolute atomic E-state index is 0.00563. The maximum atomic E-state index is 12.8. The Morgan fingerprint density at radius 1 is 1.52 bits per heavy atom. The van der Waals surface area contributed by atoms with Crippen molar-refractivity contribution in [3.8, 4) is 0 Å². The van der Waals surface area contributed by atoms with Gasteiger partial charge in [0.2, 0.25) is 10.0 Å². The fourth-order valence-corrected chi connectivity index (χ4v) is 7.55. The summed E-state index contributed by atoms with van der Waals surface area (Å²) in [5.41, 5.74) is 0.411. The molecule has 1 aromatic rings. The minimum Gasteiger partial charge on any atom is -0.314 e. The number of hydrogen-bond acceptors (Lipinski definition) is 9. The monoisotopic (exact) mass is 413 g/mol. The largest absolute Gasteiger partial charge is 0.314 e. The Balaban J connectivity index is 2.32. The van der Waals surface area contributed by atoms with Crippen molar-refractivity contribution in [3.63, 3.8) is 0 Å². The zero-order valence-corrected chi connectivity index (χ0v) is 15.8. The van der Waals surface area contributed by atoms with Crippen LogP contribution < -0.4 is 10.5 Å². The van der Waals surface area contributed by atoms with Crippen LogP contribution in [0.2, 0.25) is 0 Å². The maximum absolute atomic E-state index is 12.8. The molecular weight excluding hydrogens is 394 g/mol. The fraction of sp³-hybridized carbons (Fsp3) is 0.667. The zero-order chi connectivity index (χ0) is 18.8. The highest BCUT2D eigenvalue weighted by atomic mass is 32.3. The van der Waals surface area contributed by atoms with E-state index in [9.17, 15) is 26.9 Å². The summed E-state index contributed by atoms with van der Waals surface area (Å²) in [5.74, 6) is 0. The number of nitrogens with one attached hydrogen (secondary N) is 1. The van der Waals surface area contributed by atoms with E-state index in [1.54, 1.807) is 0 Å². The summed E-state index contributed by atoms with van der Waals surface area (Å²) in [6.07, 6.45) is 0.634. The maximum Gasteiger partial charge on any atom is 0.294 e. The number of nitrogens with zero attached hydrogens (tertiary/aromatic N) is 1. The molecule has 0 saturated heterocycles. The van der Waals surface area contributed by atoms with Gasteiger partial charge in [-0.2, -0.15) is 0 Å². The third-order valence-corrected chi connectivity index (χ3v) is 9.24. The molecule has 0 spiro atoms. The van der Waals surface area contributed by atoms with Gasteiger partial charge < -0.3 is 10.2 Å². The van der Waals surface area contributed by atoms with E-state index in [1.807, 2.05) is 6.92 Å². The van der Waals surface area contributed by atoms with Gasteiger partial charge in [-0.05, 0) is 31.9 Å². The molecule has 2 rings (SSSR count). The molecule has 1 aliphatic heterocycles. The molecule has 13 heteroatoms. The molecule has 0 amide bonds. The van der Waals surface area contributed by atoms with Gasteiger partial charge in [0, 0.05) is 11.6 Å². The Hall–Kier alpha value is -1.28. The summed E-state index contributed by atoms with van der Waals surface area (Å²) in [6.45, 7) is 2.24. The zero-order valence-electron chi connectivity index (χ0n) is 13.4. The molecule has 1 aliphatic rings. The highest BCUT2D eigenvalue weighted by Gasteiger charge is 2.41. The van der Waals surface area contributed by atoms with Crippen LogP contribution in [0.1, 0.15) is 37.8 Å². The van der Waals surface area contributed by atoms with E-state index in [-0.39, 0.29) is 40.3 Å². The molecule has 0 aromatic carbocycles. The number of hydrogen-bond donors (Lipinski definition) is 2. The van der Waals surface area contributed by atoms with Crippen molar-refractivity contribution >= 4 is 31.2 Å². The highest BCUT2D eigenvalue weighted by molar-refractivity contribution is 7.95. The summed E-state index contributed by atoms with van der Waals surface area (Å²) < 4.78 is 48.5. The number of fused-ring (bicyclic) bond motifs is 1. The highest BCUT2D eigenvalue weighted by Crippen LogP contribution is 2.43. The SMILES string of the molecule is CCNC1CC(CCCO[N+](=O)[O-])S(=O)(=O)c2sc(S(N)(=O)=O)cc21. The quantitative estimate of drug-likeness (QED) is 0.356. The first-order valence-corrected chi connectivity index (χ1v) is 11.4. The molecule has 3 N–H and O–H groups in total. The summed E-state index contributed by atoms with van der Waals surface area (Å²) in [5, 5.41) is 16.7. The van der Waals surface area contributed by atoms with Crippen LogP contribution in [0.15, 0.2) is 14.5 Å². The van der Waals surface area contributed by atoms with Crippen LogP contribution in [0.3, 0.4) is 0 Å². The van der Waals surface area contributed by atoms with Crippen molar-refractivity contribution in [2.75, 3.05) is 13.2 Å². The van der Waals surface area contributed by atoms with Crippen LogP contribution in [0.4, 0.5) is 0 Å². The molecule has 0 radical (unpaired) electrons. The fourth-order valence-electron chi connectivity index (χ4n) is 2.80. The van der Waals surface area contributed by atoms with Crippen LogP contribution in [0.25, 0.3) is 0 Å². The number of thiophene rings is 1. The molecule has 2 unspecified atom stereocenters. The lowest BCUT2D eigenvalue weighted by Gasteiger charge is -2.29. The Labute approximate surface area is 149 Å². The van der Waals surface area contributed by atoms with Gasteiger partial charge in [0.15, 0.2) is 9.84 Å². The van der Waals surface area contributed by atoms with E-state index in [0.29, 0.717) is 23.4 Å². The summed E-state index contributed by atoms with van der Waals surface area (Å²) in [4.78, 5) is 14.4. The van der Waals surface area contributed by atoms with Gasteiger partial charge in [0.05, 0.1) is 11.9 Å². The van der Waals surface area contributed by atoms with Crippen molar-refractivity contribution in [1.29, 1.82) is 0 Å². The van der Waals surface area contributed by atoms with Gasteiger partial charge in [0.1, 0.15) is 8.42 Å². The van der Waals surface area contributed by atoms with Crippen molar-refractivity contribution in [2.24, 2.45) is 5.14 Å². The van der Waals surface area contributed by atoms with E-state index < -0.39 is 30.2 Å². The molecule has 0 fully saturated rings. The van der Waals surface area contributed by atoms with Crippen LogP contribution in [-0.2, 0) is 24.7 Å². The van der Waals surface area contributed by atoms with Gasteiger partial charge in [-0.25, -0.2) is 22.0 Å². The average molecular weight is 413 g/mol. The molecular formula is C12H19N3O7S3. The molecule has 2 atom stereocenters. The van der Waals surface area contributed by atoms with E-state index in [0.717, 1.165) is 0 Å². The van der Waals surface area contributed by atoms with E-state index in [1.165, 1.54) is 6.07 Å². The number of rotatable bonds is 8. The van der Waals surface area contributed by atoms with Gasteiger partial charge >= 0.3 is 0 Å². The Morgan fingerprint density at radius 3 is 2.76 bits per heavy atom. The predicted molar refractivity (Wildman–Crippen MR) is 89.9 cm³/mol. The lowest BCUT2D eigenvalue weighted by molar-refractivity contribution is -0.757. The van der Waals surface area contributed by atoms with Crippen LogP contribution in [0.5, 0.6) is 0 Å². The number of nitrogens with two attached hydrogens (primary N) is 1. The van der Waals surface area contributed by atoms with Crippen molar-refractivity contribution in [1.82, 2.24) is 5.32 Å². The molecule has 2 heterocycles. The molecule has 0 saturated carbocycles. The molecule has 10 nitrogen and oxygen atoms in total. The van der Waals surface area contributed by atoms with Crippen molar-refractivity contribution < 1.29 is 26.8 Å². The van der Waals surface area contributed by atoms with Crippen molar-refractivity contribution in [2.45, 2.75) is 45.9 Å². The summed E-state index contributed by atoms with van der Waals surface area (Å²) in [6, 6.07) is 0.989. The lowest BCUT2D eigenvalue weighted by Crippen LogP contribution is -2.35. The molecule has 142 valence electrons. The Bertz CT molecular complexity index is 847. The van der Waals surface area contributed by atoms with Gasteiger partial charge in [-0.3, -0.25) is 0 Å². The minimum atomic E-state index is -4.00. The lowest BCUT2D eigenvalue weighted by atomic mass is 10.0. The van der Waals surface area contributed by atoms with E-state index in [2.05, 4.69) is 10.2 Å². The molecule has 0 bridgehead atoms. The molecule has 0 aliphatic carbocycles. The predicted octanol–water partition coefficient (Wildman–Crippen LogP) is 0.581. The van der Waals surface area contributed by atoms with Crippen LogP contribution in [-0.4, -0.2) is 40.3 Å². The van der Waals surface area contributed by atoms with Crippen LogP contribution >= 0.6 is 11.3 Å². The third-order valence-electron chi connectivity index (χ3n) is 3.87. The van der Waals surface area contributed by atoms with E-state index in [4.69, 9.17) is 5.14 Å². The van der Waals surface area contributed by atoms with E-state index >= 15 is 0 Å². The summed E-state index contributed by atoms with van der Waals surface area (Å²) in [7, 11) is -7.74. The molecule has 1 aromatic heterocycles. The van der Waals surface area contributed by atoms with Crippen LogP contribution in [0, 0.1) is 10.1 Å². The second-order valence-electron chi connectivity index (χ2n) is 5.57. The molecule has 25 heavy (non-hydrogen) atoms. The Morgan fingerprint density at radius 2 is 2.20 bits per heavy atom. The normalized spacial score (nSPS) is 22.3. The van der Waals surface area contributed by atoms with Gasteiger partial charge in [-0.1, -0.05) is 6.92 Å². The topological polar surface area (TPSA) is 159 Å². The summed E-state index contributed by atoms with van der Waals surface area (Å²) >= 11 is 0.646. The third kappa shape index (κ3) is 4.47. The first-order chi connectivity index (χ1) is 11.6. The first kappa shape index (κ1) is 20.0. The number of sulfonamides is 1. The van der Waals surface area contributed by atoms with Crippen molar-refractivity contribution in [3.05, 3.63) is 21.7 Å². The average Bonchev–Trinajstić information content (AvgIpc) is 2.94. The second-order valence-corrected chi connectivity index (χ2v) is 10.8. The van der Waals surface area contributed by atoms with Gasteiger partial charge in [0.25, 0.3) is 5.09 Å². The van der Waals surface area contributed by atoms with Gasteiger partial charge in [-0.15, -0.1) is 21.5 Å². The standard InChI is InChI=1S/C12H19N3O7S3/c1-2-14-10-6-8(4-3-5-22-15(16)17)24(18,19)12-9(10)7-11(23-12)25(13,20)21/h7-8,10,14H,2-6H2,1H3,(H2,13,20,21). The first-order valence-electron chi connectivity index (χ1n) is 7.48. The number of sulfone groups is 1.